The van der Waals surface area contributed by atoms with Crippen LogP contribution in [0.15, 0.2) is 12.7 Å². The van der Waals surface area contributed by atoms with Crippen LogP contribution in [0, 0.1) is 0 Å². The summed E-state index contributed by atoms with van der Waals surface area (Å²) in [5.74, 6) is 0.450. The fourth-order valence-corrected chi connectivity index (χ4v) is 1.06. The zero-order valence-corrected chi connectivity index (χ0v) is 7.22. The minimum Gasteiger partial charge on any atom is -0.329 e. The summed E-state index contributed by atoms with van der Waals surface area (Å²) in [5.41, 5.74) is 8.27. The molecule has 3 N–H and O–H groups in total. The topological polar surface area (TPSA) is 90.3 Å². The van der Waals surface area contributed by atoms with Gasteiger partial charge < -0.3 is 10.3 Å². The van der Waals surface area contributed by atoms with Gasteiger partial charge in [-0.2, -0.15) is 0 Å². The molecular weight excluding hydrogens is 188 g/mol. The molecule has 6 nitrogen and oxygen atoms in total. The molecule has 0 amide bonds. The molecule has 0 fully saturated rings. The van der Waals surface area contributed by atoms with Crippen molar-refractivity contribution in [3.8, 4) is 0 Å². The van der Waals surface area contributed by atoms with Gasteiger partial charge in [0.15, 0.2) is 22.1 Å². The van der Waals surface area contributed by atoms with Crippen molar-refractivity contribution < 1.29 is 0 Å². The largest absolute Gasteiger partial charge is 0.329 e. The molecule has 0 aromatic carbocycles. The Bertz CT molecular complexity index is 449. The lowest BCUT2D eigenvalue weighted by Gasteiger charge is -2.00. The van der Waals surface area contributed by atoms with E-state index in [0.717, 1.165) is 0 Å². The highest BCUT2D eigenvalue weighted by molar-refractivity contribution is 7.80. The highest BCUT2D eigenvalue weighted by Gasteiger charge is 2.05. The third kappa shape index (κ3) is 1.41. The van der Waals surface area contributed by atoms with Crippen LogP contribution in [0.4, 0.5) is 5.82 Å². The van der Waals surface area contributed by atoms with Crippen LogP contribution in [-0.2, 0) is 0 Å². The van der Waals surface area contributed by atoms with Crippen molar-refractivity contribution >= 4 is 34.3 Å². The van der Waals surface area contributed by atoms with Crippen LogP contribution in [0.25, 0.3) is 11.2 Å². The molecule has 2 aromatic heterocycles. The van der Waals surface area contributed by atoms with E-state index < -0.39 is 0 Å². The van der Waals surface area contributed by atoms with E-state index in [-0.39, 0.29) is 5.11 Å². The van der Waals surface area contributed by atoms with Gasteiger partial charge in [0.25, 0.3) is 0 Å². The second kappa shape index (κ2) is 2.94. The van der Waals surface area contributed by atoms with Crippen molar-refractivity contribution in [2.45, 2.75) is 0 Å². The Kier molecular flexibility index (Phi) is 1.78. The van der Waals surface area contributed by atoms with Gasteiger partial charge in [0.2, 0.25) is 0 Å². The number of imidazole rings is 1. The number of aromatic amines is 1. The standard InChI is InChI=1S/C6H5N6S/c7-6(13)12-5-3-4(9-1-8-3)10-2-11-5/h1-2,7H,(H2,8,9,10,11,12,13). The van der Waals surface area contributed by atoms with Crippen molar-refractivity contribution in [2.24, 2.45) is 0 Å². The zero-order valence-electron chi connectivity index (χ0n) is 6.40. The molecule has 0 unspecified atom stereocenters. The number of aromatic nitrogens is 4. The maximum absolute atomic E-state index is 7.07. The second-order valence-electron chi connectivity index (χ2n) is 2.28. The average Bonchev–Trinajstić information content (AvgIpc) is 2.51. The Morgan fingerprint density at radius 1 is 1.46 bits per heavy atom. The molecule has 0 atom stereocenters. The lowest BCUT2D eigenvalue weighted by Crippen LogP contribution is -2.10. The molecular formula is C6H5N6S. The van der Waals surface area contributed by atoms with Crippen molar-refractivity contribution in [3.63, 3.8) is 0 Å². The van der Waals surface area contributed by atoms with Gasteiger partial charge >= 0.3 is 0 Å². The smallest absolute Gasteiger partial charge is 0.190 e. The lowest BCUT2D eigenvalue weighted by atomic mass is 10.5. The molecule has 7 heteroatoms. The van der Waals surface area contributed by atoms with E-state index >= 15 is 0 Å². The highest BCUT2D eigenvalue weighted by atomic mass is 32.1. The summed E-state index contributed by atoms with van der Waals surface area (Å²) in [5, 5.41) is 2.50. The number of nitrogens with one attached hydrogen (secondary N) is 3. The van der Waals surface area contributed by atoms with Crippen molar-refractivity contribution in [2.75, 3.05) is 5.32 Å². The Balaban J connectivity index is 2.54. The van der Waals surface area contributed by atoms with Gasteiger partial charge in [-0.1, -0.05) is 0 Å². The maximum Gasteiger partial charge on any atom is 0.190 e. The van der Waals surface area contributed by atoms with Crippen LogP contribution in [-0.4, -0.2) is 25.0 Å². The van der Waals surface area contributed by atoms with Crippen molar-refractivity contribution in [1.82, 2.24) is 25.7 Å². The number of rotatable bonds is 1. The normalized spacial score (nSPS) is 10.2. The van der Waals surface area contributed by atoms with Crippen molar-refractivity contribution in [1.29, 1.82) is 0 Å². The third-order valence-electron chi connectivity index (χ3n) is 1.45. The maximum atomic E-state index is 7.07. The van der Waals surface area contributed by atoms with E-state index in [1.54, 1.807) is 0 Å². The van der Waals surface area contributed by atoms with E-state index in [2.05, 4.69) is 37.5 Å². The Hall–Kier alpha value is -1.76. The molecule has 0 aliphatic carbocycles. The first-order valence-electron chi connectivity index (χ1n) is 3.44. The molecule has 1 radical (unpaired) electrons. The molecule has 0 saturated carbocycles. The van der Waals surface area contributed by atoms with Crippen LogP contribution >= 0.6 is 12.2 Å². The highest BCUT2D eigenvalue weighted by Crippen LogP contribution is 2.13. The number of H-pyrrole nitrogens is 1. The molecule has 2 aromatic rings. The van der Waals surface area contributed by atoms with Crippen LogP contribution in [0.5, 0.6) is 0 Å². The average molecular weight is 193 g/mol. The summed E-state index contributed by atoms with van der Waals surface area (Å²) in [4.78, 5) is 14.7. The van der Waals surface area contributed by atoms with Gasteiger partial charge in [0, 0.05) is 0 Å². The SMILES string of the molecule is [NH]C(=S)Nc1ncnc2[nH]cnc12. The number of anilines is 1. The molecule has 0 aliphatic rings. The van der Waals surface area contributed by atoms with Crippen LogP contribution in [0.3, 0.4) is 0 Å². The zero-order chi connectivity index (χ0) is 9.26. The molecule has 2 heterocycles. The minimum absolute atomic E-state index is 0.0944. The molecule has 65 valence electrons. The quantitative estimate of drug-likeness (QED) is 0.637. The van der Waals surface area contributed by atoms with Gasteiger partial charge in [0.05, 0.1) is 6.33 Å². The van der Waals surface area contributed by atoms with Gasteiger partial charge in [-0.15, -0.1) is 0 Å². The van der Waals surface area contributed by atoms with Crippen LogP contribution in [0.1, 0.15) is 0 Å². The van der Waals surface area contributed by atoms with Gasteiger partial charge in [-0.25, -0.2) is 15.0 Å². The van der Waals surface area contributed by atoms with Gasteiger partial charge in [-0.05, 0) is 12.2 Å². The van der Waals surface area contributed by atoms with Gasteiger partial charge in [-0.3, -0.25) is 5.73 Å². The Labute approximate surface area is 78.6 Å². The minimum atomic E-state index is -0.0944. The number of hydrogen-bond donors (Lipinski definition) is 2. The summed E-state index contributed by atoms with van der Waals surface area (Å²) < 4.78 is 0. The summed E-state index contributed by atoms with van der Waals surface area (Å²) in [6, 6.07) is 0. The van der Waals surface area contributed by atoms with E-state index in [4.69, 9.17) is 5.73 Å². The van der Waals surface area contributed by atoms with E-state index in [9.17, 15) is 0 Å². The van der Waals surface area contributed by atoms with Gasteiger partial charge in [0.1, 0.15) is 6.33 Å². The molecule has 0 spiro atoms. The first-order valence-corrected chi connectivity index (χ1v) is 3.85. The summed E-state index contributed by atoms with van der Waals surface area (Å²) in [6.07, 6.45) is 2.89. The fraction of sp³-hybridized carbons (Fsp3) is 0. The summed E-state index contributed by atoms with van der Waals surface area (Å²) in [6.45, 7) is 0. The first kappa shape index (κ1) is 7.87. The van der Waals surface area contributed by atoms with Crippen molar-refractivity contribution in [3.05, 3.63) is 12.7 Å². The number of fused-ring (bicyclic) bond motifs is 1. The monoisotopic (exact) mass is 193 g/mol. The molecule has 0 saturated heterocycles. The van der Waals surface area contributed by atoms with Crippen LogP contribution < -0.4 is 11.1 Å². The molecule has 0 bridgehead atoms. The third-order valence-corrected chi connectivity index (χ3v) is 1.55. The summed E-state index contributed by atoms with van der Waals surface area (Å²) in [7, 11) is 0. The number of nitrogens with zero attached hydrogens (tertiary/aromatic N) is 3. The number of hydrogen-bond acceptors (Lipinski definition) is 4. The molecule has 13 heavy (non-hydrogen) atoms. The number of thiocarbonyl (C=S) groups is 1. The predicted molar refractivity (Wildman–Crippen MR) is 51.0 cm³/mol. The molecule has 0 aliphatic heterocycles. The lowest BCUT2D eigenvalue weighted by molar-refractivity contribution is 1.20. The Morgan fingerprint density at radius 3 is 3.08 bits per heavy atom. The van der Waals surface area contributed by atoms with E-state index in [0.29, 0.717) is 17.0 Å². The summed E-state index contributed by atoms with van der Waals surface area (Å²) >= 11 is 4.57. The fourth-order valence-electron chi connectivity index (χ4n) is 0.964. The second-order valence-corrected chi connectivity index (χ2v) is 2.68. The van der Waals surface area contributed by atoms with E-state index in [1.165, 1.54) is 12.7 Å². The van der Waals surface area contributed by atoms with E-state index in [1.807, 2.05) is 0 Å². The van der Waals surface area contributed by atoms with Crippen LogP contribution in [0.2, 0.25) is 0 Å². The first-order chi connectivity index (χ1) is 6.27. The Morgan fingerprint density at radius 2 is 2.31 bits per heavy atom. The molecule has 2 rings (SSSR count). The predicted octanol–water partition coefficient (Wildman–Crippen LogP) is 0.333.